The van der Waals surface area contributed by atoms with Crippen molar-refractivity contribution < 1.29 is 9.53 Å². The zero-order valence-corrected chi connectivity index (χ0v) is 10.6. The molecule has 17 heavy (non-hydrogen) atoms. The summed E-state index contributed by atoms with van der Waals surface area (Å²) in [6.45, 7) is 2.73. The molecule has 0 aromatic heterocycles. The van der Waals surface area contributed by atoms with Gasteiger partial charge in [0.1, 0.15) is 6.61 Å². The number of halogens is 1. The predicted octanol–water partition coefficient (Wildman–Crippen LogP) is 2.68. The van der Waals surface area contributed by atoms with Crippen molar-refractivity contribution >= 4 is 28.9 Å². The van der Waals surface area contributed by atoms with Gasteiger partial charge in [0.05, 0.1) is 10.7 Å². The van der Waals surface area contributed by atoms with Crippen LogP contribution in [0.3, 0.4) is 0 Å². The highest BCUT2D eigenvalue weighted by Gasteiger charge is 2.04. The summed E-state index contributed by atoms with van der Waals surface area (Å²) in [5.74, 6) is -0.192. The number of anilines is 2. The number of carbonyl (C=O) groups is 1. The minimum atomic E-state index is -0.192. The number of hydrogen-bond acceptors (Lipinski definition) is 3. The summed E-state index contributed by atoms with van der Waals surface area (Å²) in [4.78, 5) is 11.5. The zero-order valence-electron chi connectivity index (χ0n) is 9.83. The third-order valence-corrected chi connectivity index (χ3v) is 2.50. The van der Waals surface area contributed by atoms with Crippen LogP contribution in [-0.4, -0.2) is 19.1 Å². The second kappa shape index (κ2) is 7.14. The second-order valence-electron chi connectivity index (χ2n) is 3.69. The molecular formula is C12H17ClN2O2. The minimum Gasteiger partial charge on any atom is -0.397 e. The van der Waals surface area contributed by atoms with Crippen LogP contribution in [0.15, 0.2) is 18.2 Å². The summed E-state index contributed by atoms with van der Waals surface area (Å²) >= 11 is 5.77. The van der Waals surface area contributed by atoms with E-state index < -0.39 is 0 Å². The molecule has 0 aliphatic carbocycles. The van der Waals surface area contributed by atoms with Crippen LogP contribution in [0.2, 0.25) is 5.02 Å². The number of nitrogen functional groups attached to an aromatic ring is 1. The van der Waals surface area contributed by atoms with E-state index in [9.17, 15) is 4.79 Å². The highest BCUT2D eigenvalue weighted by Crippen LogP contribution is 2.22. The predicted molar refractivity (Wildman–Crippen MR) is 70.2 cm³/mol. The number of ether oxygens (including phenoxy) is 1. The van der Waals surface area contributed by atoms with Gasteiger partial charge in [-0.3, -0.25) is 4.79 Å². The van der Waals surface area contributed by atoms with E-state index in [4.69, 9.17) is 22.1 Å². The third kappa shape index (κ3) is 5.06. The lowest BCUT2D eigenvalue weighted by molar-refractivity contribution is -0.120. The summed E-state index contributed by atoms with van der Waals surface area (Å²) in [7, 11) is 0. The fourth-order valence-electron chi connectivity index (χ4n) is 1.23. The van der Waals surface area contributed by atoms with Gasteiger partial charge in [-0.05, 0) is 24.6 Å². The zero-order chi connectivity index (χ0) is 12.7. The molecule has 0 bridgehead atoms. The molecule has 1 amide bonds. The van der Waals surface area contributed by atoms with E-state index in [0.29, 0.717) is 23.0 Å². The van der Waals surface area contributed by atoms with E-state index in [1.54, 1.807) is 18.2 Å². The molecule has 0 atom stereocenters. The number of unbranched alkanes of at least 4 members (excludes halogenated alkanes) is 1. The first kappa shape index (κ1) is 13.8. The van der Waals surface area contributed by atoms with Gasteiger partial charge in [-0.25, -0.2) is 0 Å². The highest BCUT2D eigenvalue weighted by atomic mass is 35.5. The topological polar surface area (TPSA) is 64.3 Å². The van der Waals surface area contributed by atoms with Gasteiger partial charge in [0.2, 0.25) is 5.91 Å². The average Bonchev–Trinajstić information content (AvgIpc) is 2.30. The van der Waals surface area contributed by atoms with Gasteiger partial charge < -0.3 is 15.8 Å². The Bertz CT molecular complexity index is 383. The summed E-state index contributed by atoms with van der Waals surface area (Å²) in [5.41, 5.74) is 6.68. The van der Waals surface area contributed by atoms with Crippen molar-refractivity contribution in [2.24, 2.45) is 0 Å². The van der Waals surface area contributed by atoms with Gasteiger partial charge in [-0.1, -0.05) is 24.9 Å². The number of rotatable bonds is 6. The molecule has 0 fully saturated rings. The number of benzene rings is 1. The minimum absolute atomic E-state index is 0.0581. The first-order valence-electron chi connectivity index (χ1n) is 5.56. The average molecular weight is 257 g/mol. The molecule has 0 aliphatic heterocycles. The first-order valence-corrected chi connectivity index (χ1v) is 5.94. The maximum absolute atomic E-state index is 11.5. The molecular weight excluding hydrogens is 240 g/mol. The smallest absolute Gasteiger partial charge is 0.250 e. The van der Waals surface area contributed by atoms with Crippen LogP contribution in [0.1, 0.15) is 19.8 Å². The third-order valence-electron chi connectivity index (χ3n) is 2.16. The fourth-order valence-corrected chi connectivity index (χ4v) is 1.35. The SMILES string of the molecule is CCCCOCC(=O)Nc1ccc(Cl)c(N)c1. The maximum Gasteiger partial charge on any atom is 0.250 e. The van der Waals surface area contributed by atoms with E-state index in [1.165, 1.54) is 0 Å². The Morgan fingerprint density at radius 3 is 2.94 bits per heavy atom. The number of nitrogens with one attached hydrogen (secondary N) is 1. The fraction of sp³-hybridized carbons (Fsp3) is 0.417. The largest absolute Gasteiger partial charge is 0.397 e. The Morgan fingerprint density at radius 2 is 2.29 bits per heavy atom. The summed E-state index contributed by atoms with van der Waals surface area (Å²) < 4.78 is 5.19. The maximum atomic E-state index is 11.5. The molecule has 0 spiro atoms. The number of nitrogens with two attached hydrogens (primary N) is 1. The molecule has 94 valence electrons. The van der Waals surface area contributed by atoms with Crippen LogP contribution in [0.4, 0.5) is 11.4 Å². The first-order chi connectivity index (χ1) is 8.13. The Morgan fingerprint density at radius 1 is 1.53 bits per heavy atom. The van der Waals surface area contributed by atoms with Gasteiger partial charge in [-0.15, -0.1) is 0 Å². The monoisotopic (exact) mass is 256 g/mol. The van der Waals surface area contributed by atoms with Crippen LogP contribution in [-0.2, 0) is 9.53 Å². The molecule has 0 saturated heterocycles. The molecule has 1 rings (SSSR count). The van der Waals surface area contributed by atoms with Crippen LogP contribution in [0.25, 0.3) is 0 Å². The number of carbonyl (C=O) groups excluding carboxylic acids is 1. The van der Waals surface area contributed by atoms with E-state index in [2.05, 4.69) is 12.2 Å². The summed E-state index contributed by atoms with van der Waals surface area (Å²) in [6, 6.07) is 4.96. The van der Waals surface area contributed by atoms with Gasteiger partial charge in [0.15, 0.2) is 0 Å². The second-order valence-corrected chi connectivity index (χ2v) is 4.10. The van der Waals surface area contributed by atoms with E-state index in [1.807, 2.05) is 0 Å². The van der Waals surface area contributed by atoms with Crippen LogP contribution in [0.5, 0.6) is 0 Å². The summed E-state index contributed by atoms with van der Waals surface area (Å²) in [6.07, 6.45) is 2.01. The van der Waals surface area contributed by atoms with Crippen LogP contribution < -0.4 is 11.1 Å². The van der Waals surface area contributed by atoms with Gasteiger partial charge >= 0.3 is 0 Å². The highest BCUT2D eigenvalue weighted by molar-refractivity contribution is 6.33. The molecule has 5 heteroatoms. The van der Waals surface area contributed by atoms with Crippen LogP contribution in [0, 0.1) is 0 Å². The number of hydrogen-bond donors (Lipinski definition) is 2. The quantitative estimate of drug-likeness (QED) is 0.608. The Kier molecular flexibility index (Phi) is 5.80. The molecule has 0 radical (unpaired) electrons. The van der Waals surface area contributed by atoms with Gasteiger partial charge in [-0.2, -0.15) is 0 Å². The normalized spacial score (nSPS) is 10.2. The lowest BCUT2D eigenvalue weighted by Gasteiger charge is -2.07. The molecule has 0 heterocycles. The van der Waals surface area contributed by atoms with Gasteiger partial charge in [0.25, 0.3) is 0 Å². The Labute approximate surface area is 106 Å². The van der Waals surface area contributed by atoms with Crippen molar-refractivity contribution in [3.05, 3.63) is 23.2 Å². The van der Waals surface area contributed by atoms with E-state index in [0.717, 1.165) is 12.8 Å². The lowest BCUT2D eigenvalue weighted by Crippen LogP contribution is -2.18. The molecule has 1 aromatic rings. The lowest BCUT2D eigenvalue weighted by atomic mass is 10.3. The van der Waals surface area contributed by atoms with Crippen molar-refractivity contribution in [2.75, 3.05) is 24.3 Å². The molecule has 0 saturated carbocycles. The number of amides is 1. The van der Waals surface area contributed by atoms with E-state index in [-0.39, 0.29) is 12.5 Å². The van der Waals surface area contributed by atoms with Crippen molar-refractivity contribution in [3.63, 3.8) is 0 Å². The Balaban J connectivity index is 2.37. The van der Waals surface area contributed by atoms with E-state index >= 15 is 0 Å². The van der Waals surface area contributed by atoms with Crippen molar-refractivity contribution in [1.29, 1.82) is 0 Å². The van der Waals surface area contributed by atoms with Crippen molar-refractivity contribution in [3.8, 4) is 0 Å². The van der Waals surface area contributed by atoms with Gasteiger partial charge in [0, 0.05) is 12.3 Å². The van der Waals surface area contributed by atoms with Crippen molar-refractivity contribution in [1.82, 2.24) is 0 Å². The van der Waals surface area contributed by atoms with Crippen LogP contribution >= 0.6 is 11.6 Å². The standard InChI is InChI=1S/C12H17ClN2O2/c1-2-3-6-17-8-12(16)15-9-4-5-10(13)11(14)7-9/h4-5,7H,2-3,6,8,14H2,1H3,(H,15,16). The molecule has 1 aromatic carbocycles. The molecule has 3 N–H and O–H groups in total. The molecule has 0 unspecified atom stereocenters. The summed E-state index contributed by atoms with van der Waals surface area (Å²) in [5, 5.41) is 3.16. The molecule has 4 nitrogen and oxygen atoms in total. The molecule has 0 aliphatic rings. The van der Waals surface area contributed by atoms with Crippen molar-refractivity contribution in [2.45, 2.75) is 19.8 Å². The Hall–Kier alpha value is -1.26.